The Kier molecular flexibility index (Phi) is 3.91. The van der Waals surface area contributed by atoms with Crippen molar-refractivity contribution in [2.24, 2.45) is 0 Å². The first-order valence-electron chi connectivity index (χ1n) is 8.00. The molecule has 0 fully saturated rings. The van der Waals surface area contributed by atoms with Gasteiger partial charge in [-0.2, -0.15) is 0 Å². The SMILES string of the molecule is Cc1ccc2c(c1)C(c1ccccc1)C(=O)N2C(=O)OC(C)(C)C. The van der Waals surface area contributed by atoms with Crippen LogP contribution in [0.5, 0.6) is 0 Å². The molecule has 2 aromatic carbocycles. The standard InChI is InChI=1S/C20H21NO3/c1-13-10-11-16-15(12-13)17(14-8-6-5-7-9-14)18(22)21(16)19(23)24-20(2,3)4/h5-12,17H,1-4H3. The number of hydrogen-bond acceptors (Lipinski definition) is 3. The highest BCUT2D eigenvalue weighted by Crippen LogP contribution is 2.42. The molecule has 0 N–H and O–H groups in total. The first-order chi connectivity index (χ1) is 11.3. The van der Waals surface area contributed by atoms with E-state index in [0.29, 0.717) is 5.69 Å². The molecule has 0 saturated carbocycles. The Labute approximate surface area is 142 Å². The van der Waals surface area contributed by atoms with Crippen LogP contribution in [0.1, 0.15) is 43.4 Å². The van der Waals surface area contributed by atoms with Gasteiger partial charge in [0, 0.05) is 0 Å². The molecule has 1 heterocycles. The lowest BCUT2D eigenvalue weighted by Crippen LogP contribution is -2.39. The van der Waals surface area contributed by atoms with Gasteiger partial charge < -0.3 is 4.74 Å². The summed E-state index contributed by atoms with van der Waals surface area (Å²) in [6, 6.07) is 15.2. The van der Waals surface area contributed by atoms with Crippen molar-refractivity contribution >= 4 is 17.7 Å². The number of imide groups is 1. The van der Waals surface area contributed by atoms with Gasteiger partial charge in [0.25, 0.3) is 0 Å². The number of ether oxygens (including phenoxy) is 1. The van der Waals surface area contributed by atoms with Crippen LogP contribution < -0.4 is 4.90 Å². The number of rotatable bonds is 1. The van der Waals surface area contributed by atoms with Gasteiger partial charge >= 0.3 is 6.09 Å². The van der Waals surface area contributed by atoms with Gasteiger partial charge in [-0.3, -0.25) is 4.79 Å². The van der Waals surface area contributed by atoms with E-state index in [4.69, 9.17) is 4.74 Å². The maximum absolute atomic E-state index is 13.0. The molecule has 4 heteroatoms. The Balaban J connectivity index is 2.08. The van der Waals surface area contributed by atoms with Crippen molar-refractivity contribution in [3.8, 4) is 0 Å². The summed E-state index contributed by atoms with van der Waals surface area (Å²) >= 11 is 0. The van der Waals surface area contributed by atoms with Gasteiger partial charge in [0.05, 0.1) is 11.6 Å². The minimum absolute atomic E-state index is 0.268. The van der Waals surface area contributed by atoms with E-state index in [2.05, 4.69) is 0 Å². The smallest absolute Gasteiger partial charge is 0.421 e. The predicted octanol–water partition coefficient (Wildman–Crippen LogP) is 4.41. The number of carbonyl (C=O) groups excluding carboxylic acids is 2. The summed E-state index contributed by atoms with van der Waals surface area (Å²) in [7, 11) is 0. The third-order valence-corrected chi connectivity index (χ3v) is 3.91. The first-order valence-corrected chi connectivity index (χ1v) is 8.00. The monoisotopic (exact) mass is 323 g/mol. The molecule has 0 aliphatic carbocycles. The van der Waals surface area contributed by atoms with Gasteiger partial charge in [-0.05, 0) is 44.9 Å². The zero-order valence-electron chi connectivity index (χ0n) is 14.4. The van der Waals surface area contributed by atoms with Crippen LogP contribution in [0, 0.1) is 6.92 Å². The van der Waals surface area contributed by atoms with E-state index in [1.807, 2.05) is 55.5 Å². The Hall–Kier alpha value is -2.62. The van der Waals surface area contributed by atoms with Crippen molar-refractivity contribution in [3.05, 3.63) is 65.2 Å². The number of benzene rings is 2. The summed E-state index contributed by atoms with van der Waals surface area (Å²) < 4.78 is 5.43. The summed E-state index contributed by atoms with van der Waals surface area (Å²) in [5.41, 5.74) is 2.72. The number of anilines is 1. The second-order valence-corrected chi connectivity index (χ2v) is 7.06. The second-order valence-electron chi connectivity index (χ2n) is 7.06. The summed E-state index contributed by atoms with van der Waals surface area (Å²) in [6.07, 6.45) is -0.629. The molecule has 3 rings (SSSR count). The fourth-order valence-corrected chi connectivity index (χ4v) is 2.95. The predicted molar refractivity (Wildman–Crippen MR) is 93.2 cm³/mol. The highest BCUT2D eigenvalue weighted by molar-refractivity contribution is 6.20. The van der Waals surface area contributed by atoms with E-state index in [-0.39, 0.29) is 5.91 Å². The van der Waals surface area contributed by atoms with Crippen LogP contribution in [-0.4, -0.2) is 17.6 Å². The number of hydrogen-bond donors (Lipinski definition) is 0. The Morgan fingerprint density at radius 2 is 1.75 bits per heavy atom. The van der Waals surface area contributed by atoms with Crippen molar-refractivity contribution in [3.63, 3.8) is 0 Å². The second kappa shape index (κ2) is 5.78. The Bertz CT molecular complexity index is 790. The van der Waals surface area contributed by atoms with Gasteiger partial charge in [0.15, 0.2) is 0 Å². The average Bonchev–Trinajstić information content (AvgIpc) is 2.77. The minimum atomic E-state index is -0.660. The van der Waals surface area contributed by atoms with Gasteiger partial charge in [-0.1, -0.05) is 48.0 Å². The zero-order valence-corrected chi connectivity index (χ0v) is 14.4. The average molecular weight is 323 g/mol. The van der Waals surface area contributed by atoms with Crippen LogP contribution in [0.3, 0.4) is 0 Å². The molecular formula is C20H21NO3. The molecule has 24 heavy (non-hydrogen) atoms. The van der Waals surface area contributed by atoms with Crippen LogP contribution in [0.2, 0.25) is 0 Å². The number of fused-ring (bicyclic) bond motifs is 1. The van der Waals surface area contributed by atoms with E-state index >= 15 is 0 Å². The first kappa shape index (κ1) is 16.2. The molecular weight excluding hydrogens is 302 g/mol. The van der Waals surface area contributed by atoms with E-state index in [1.54, 1.807) is 20.8 Å². The van der Waals surface area contributed by atoms with Gasteiger partial charge in [0.2, 0.25) is 5.91 Å². The van der Waals surface area contributed by atoms with Crippen LogP contribution in [-0.2, 0) is 9.53 Å². The van der Waals surface area contributed by atoms with Gasteiger partial charge in [0.1, 0.15) is 5.60 Å². The van der Waals surface area contributed by atoms with Crippen LogP contribution in [0.25, 0.3) is 0 Å². The number of nitrogens with zero attached hydrogens (tertiary/aromatic N) is 1. The van der Waals surface area contributed by atoms with Gasteiger partial charge in [-0.25, -0.2) is 9.69 Å². The zero-order chi connectivity index (χ0) is 17.5. The largest absolute Gasteiger partial charge is 0.443 e. The van der Waals surface area contributed by atoms with Crippen LogP contribution >= 0.6 is 0 Å². The van der Waals surface area contributed by atoms with Gasteiger partial charge in [-0.15, -0.1) is 0 Å². The Morgan fingerprint density at radius 3 is 2.38 bits per heavy atom. The molecule has 0 radical (unpaired) electrons. The number of amides is 2. The molecule has 1 aliphatic heterocycles. The normalized spacial score (nSPS) is 16.9. The van der Waals surface area contributed by atoms with Crippen molar-refractivity contribution in [2.45, 2.75) is 39.2 Å². The molecule has 1 atom stereocenters. The lowest BCUT2D eigenvalue weighted by Gasteiger charge is -2.24. The number of aryl methyl sites for hydroxylation is 1. The molecule has 4 nitrogen and oxygen atoms in total. The number of carbonyl (C=O) groups is 2. The highest BCUT2D eigenvalue weighted by Gasteiger charge is 2.43. The van der Waals surface area contributed by atoms with E-state index in [0.717, 1.165) is 21.6 Å². The van der Waals surface area contributed by atoms with Crippen molar-refractivity contribution in [2.75, 3.05) is 4.90 Å². The Morgan fingerprint density at radius 1 is 1.08 bits per heavy atom. The summed E-state index contributed by atoms with van der Waals surface area (Å²) in [6.45, 7) is 7.34. The minimum Gasteiger partial charge on any atom is -0.443 e. The third-order valence-electron chi connectivity index (χ3n) is 3.91. The molecule has 1 unspecified atom stereocenters. The maximum Gasteiger partial charge on any atom is 0.421 e. The fraction of sp³-hybridized carbons (Fsp3) is 0.300. The fourth-order valence-electron chi connectivity index (χ4n) is 2.95. The molecule has 0 saturated heterocycles. The molecule has 0 bridgehead atoms. The quantitative estimate of drug-likeness (QED) is 0.781. The van der Waals surface area contributed by atoms with E-state index < -0.39 is 17.6 Å². The van der Waals surface area contributed by atoms with Crippen LogP contribution in [0.15, 0.2) is 48.5 Å². The lowest BCUT2D eigenvalue weighted by atomic mass is 9.92. The summed E-state index contributed by atoms with van der Waals surface area (Å²) in [5.74, 6) is -0.746. The molecule has 0 aromatic heterocycles. The molecule has 2 amide bonds. The van der Waals surface area contributed by atoms with E-state index in [1.165, 1.54) is 0 Å². The van der Waals surface area contributed by atoms with Crippen molar-refractivity contribution in [1.82, 2.24) is 0 Å². The van der Waals surface area contributed by atoms with Crippen LogP contribution in [0.4, 0.5) is 10.5 Å². The maximum atomic E-state index is 13.0. The van der Waals surface area contributed by atoms with E-state index in [9.17, 15) is 9.59 Å². The molecule has 124 valence electrons. The summed E-state index contributed by atoms with van der Waals surface area (Å²) in [4.78, 5) is 26.8. The van der Waals surface area contributed by atoms with Crippen molar-refractivity contribution in [1.29, 1.82) is 0 Å². The summed E-state index contributed by atoms with van der Waals surface area (Å²) in [5, 5.41) is 0. The molecule has 2 aromatic rings. The highest BCUT2D eigenvalue weighted by atomic mass is 16.6. The van der Waals surface area contributed by atoms with Crippen molar-refractivity contribution < 1.29 is 14.3 Å². The molecule has 1 aliphatic rings. The molecule has 0 spiro atoms. The third kappa shape index (κ3) is 2.92. The topological polar surface area (TPSA) is 46.6 Å². The lowest BCUT2D eigenvalue weighted by molar-refractivity contribution is -0.118.